The molecule has 1 aromatic carbocycles. The average Bonchev–Trinajstić information content (AvgIpc) is 2.27. The highest BCUT2D eigenvalue weighted by Crippen LogP contribution is 2.26. The van der Waals surface area contributed by atoms with Gasteiger partial charge in [0.25, 0.3) is 5.69 Å². The number of rotatable bonds is 3. The second-order valence-corrected chi connectivity index (χ2v) is 3.89. The Morgan fingerprint density at radius 1 is 1.50 bits per heavy atom. The van der Waals surface area contributed by atoms with Crippen LogP contribution < -0.4 is 0 Å². The number of aldehydes is 1. The summed E-state index contributed by atoms with van der Waals surface area (Å²) in [4.78, 5) is 20.7. The lowest BCUT2D eigenvalue weighted by Crippen LogP contribution is -2.14. The molecule has 0 radical (unpaired) electrons. The zero-order chi connectivity index (χ0) is 12.3. The number of hydrogen-bond donors (Lipinski definition) is 0. The molecule has 5 nitrogen and oxygen atoms in total. The van der Waals surface area contributed by atoms with E-state index in [4.69, 9.17) is 5.26 Å². The molecule has 0 fully saturated rings. The molecule has 0 heterocycles. The predicted octanol–water partition coefficient (Wildman–Crippen LogP) is 2.21. The van der Waals surface area contributed by atoms with E-state index in [0.717, 1.165) is 0 Å². The maximum atomic E-state index is 10.7. The average molecular weight is 218 g/mol. The van der Waals surface area contributed by atoms with E-state index in [9.17, 15) is 14.9 Å². The molecule has 82 valence electrons. The first kappa shape index (κ1) is 11.9. The van der Waals surface area contributed by atoms with Crippen LogP contribution in [0, 0.1) is 21.4 Å². The van der Waals surface area contributed by atoms with Gasteiger partial charge in [0.05, 0.1) is 22.0 Å². The first-order valence-corrected chi connectivity index (χ1v) is 4.57. The summed E-state index contributed by atoms with van der Waals surface area (Å²) >= 11 is 0. The van der Waals surface area contributed by atoms with Crippen molar-refractivity contribution in [3.8, 4) is 6.07 Å². The highest BCUT2D eigenvalue weighted by Gasteiger charge is 2.23. The van der Waals surface area contributed by atoms with Gasteiger partial charge in [0.2, 0.25) is 0 Å². The quantitative estimate of drug-likeness (QED) is 0.442. The minimum atomic E-state index is -0.771. The summed E-state index contributed by atoms with van der Waals surface area (Å²) in [6.07, 6.45) is 0.426. The van der Waals surface area contributed by atoms with Crippen molar-refractivity contribution in [3.05, 3.63) is 39.4 Å². The Morgan fingerprint density at radius 3 is 2.56 bits per heavy atom. The maximum Gasteiger partial charge on any atom is 0.279 e. The van der Waals surface area contributed by atoms with Crippen LogP contribution in [0.4, 0.5) is 5.69 Å². The van der Waals surface area contributed by atoms with Crippen LogP contribution >= 0.6 is 0 Å². The summed E-state index contributed by atoms with van der Waals surface area (Å²) in [5.41, 5.74) is -0.437. The van der Waals surface area contributed by atoms with Gasteiger partial charge < -0.3 is 0 Å². The highest BCUT2D eigenvalue weighted by atomic mass is 16.6. The lowest BCUT2D eigenvalue weighted by Gasteiger charge is -2.15. The van der Waals surface area contributed by atoms with Gasteiger partial charge in [-0.3, -0.25) is 14.9 Å². The molecule has 0 saturated carbocycles. The van der Waals surface area contributed by atoms with Gasteiger partial charge in [0.1, 0.15) is 0 Å². The van der Waals surface area contributed by atoms with Crippen molar-refractivity contribution in [2.75, 3.05) is 0 Å². The van der Waals surface area contributed by atoms with E-state index in [1.165, 1.54) is 18.2 Å². The molecule has 0 aromatic heterocycles. The number of benzene rings is 1. The first-order chi connectivity index (χ1) is 7.42. The van der Waals surface area contributed by atoms with Crippen LogP contribution in [-0.2, 0) is 5.41 Å². The summed E-state index contributed by atoms with van der Waals surface area (Å²) in [5, 5.41) is 19.5. The van der Waals surface area contributed by atoms with E-state index >= 15 is 0 Å². The van der Waals surface area contributed by atoms with Crippen molar-refractivity contribution in [1.29, 1.82) is 5.26 Å². The zero-order valence-corrected chi connectivity index (χ0v) is 8.93. The SMILES string of the molecule is CC(C)(C#N)c1ccc([N+](=O)[O-])c(C=O)c1. The number of nitrogens with zero attached hydrogens (tertiary/aromatic N) is 2. The van der Waals surface area contributed by atoms with Gasteiger partial charge in [-0.25, -0.2) is 0 Å². The molecule has 16 heavy (non-hydrogen) atoms. The third kappa shape index (κ3) is 2.06. The van der Waals surface area contributed by atoms with Gasteiger partial charge in [-0.2, -0.15) is 5.26 Å². The molecule has 0 bridgehead atoms. The van der Waals surface area contributed by atoms with Gasteiger partial charge >= 0.3 is 0 Å². The molecule has 0 amide bonds. The number of nitro groups is 1. The molecule has 0 unspecified atom stereocenters. The van der Waals surface area contributed by atoms with Crippen molar-refractivity contribution >= 4 is 12.0 Å². The highest BCUT2D eigenvalue weighted by molar-refractivity contribution is 5.81. The van der Waals surface area contributed by atoms with Crippen molar-refractivity contribution in [3.63, 3.8) is 0 Å². The van der Waals surface area contributed by atoms with E-state index < -0.39 is 10.3 Å². The van der Waals surface area contributed by atoms with E-state index in [1.807, 2.05) is 0 Å². The molecule has 0 aliphatic rings. The Kier molecular flexibility index (Phi) is 3.04. The van der Waals surface area contributed by atoms with Crippen molar-refractivity contribution in [2.24, 2.45) is 0 Å². The number of carbonyl (C=O) groups excluding carboxylic acids is 1. The van der Waals surface area contributed by atoms with Crippen molar-refractivity contribution < 1.29 is 9.72 Å². The molecule has 1 rings (SSSR count). The van der Waals surface area contributed by atoms with Crippen LogP contribution in [0.15, 0.2) is 18.2 Å². The summed E-state index contributed by atoms with van der Waals surface area (Å²) in [7, 11) is 0. The van der Waals surface area contributed by atoms with Crippen LogP contribution in [0.5, 0.6) is 0 Å². The predicted molar refractivity (Wildman–Crippen MR) is 57.1 cm³/mol. The molecule has 1 aromatic rings. The van der Waals surface area contributed by atoms with E-state index in [1.54, 1.807) is 13.8 Å². The molecule has 0 atom stereocenters. The maximum absolute atomic E-state index is 10.7. The van der Waals surface area contributed by atoms with Crippen LogP contribution in [0.3, 0.4) is 0 Å². The fourth-order valence-corrected chi connectivity index (χ4v) is 1.27. The third-order valence-electron chi connectivity index (χ3n) is 2.35. The zero-order valence-electron chi connectivity index (χ0n) is 8.93. The summed E-state index contributed by atoms with van der Waals surface area (Å²) < 4.78 is 0. The monoisotopic (exact) mass is 218 g/mol. The summed E-state index contributed by atoms with van der Waals surface area (Å²) in [6, 6.07) is 6.20. The molecular formula is C11H10N2O3. The van der Waals surface area contributed by atoms with Crippen LogP contribution in [0.2, 0.25) is 0 Å². The molecule has 5 heteroatoms. The first-order valence-electron chi connectivity index (χ1n) is 4.57. The normalized spacial score (nSPS) is 10.6. The number of nitriles is 1. The summed E-state index contributed by atoms with van der Waals surface area (Å²) in [5.74, 6) is 0. The standard InChI is InChI=1S/C11H10N2O3/c1-11(2,7-12)9-3-4-10(13(15)16)8(5-9)6-14/h3-6H,1-2H3. The second kappa shape index (κ2) is 4.11. The molecule has 0 aliphatic carbocycles. The van der Waals surface area contributed by atoms with E-state index in [0.29, 0.717) is 11.8 Å². The second-order valence-electron chi connectivity index (χ2n) is 3.89. The Labute approximate surface area is 92.5 Å². The van der Waals surface area contributed by atoms with E-state index in [2.05, 4.69) is 6.07 Å². The van der Waals surface area contributed by atoms with Gasteiger partial charge in [-0.15, -0.1) is 0 Å². The fraction of sp³-hybridized carbons (Fsp3) is 0.273. The van der Waals surface area contributed by atoms with Crippen LogP contribution in [-0.4, -0.2) is 11.2 Å². The minimum Gasteiger partial charge on any atom is -0.298 e. The molecule has 0 aliphatic heterocycles. The topological polar surface area (TPSA) is 84.0 Å². The lowest BCUT2D eigenvalue weighted by atomic mass is 9.85. The van der Waals surface area contributed by atoms with E-state index in [-0.39, 0.29) is 11.3 Å². The third-order valence-corrected chi connectivity index (χ3v) is 2.35. The summed E-state index contributed by atoms with van der Waals surface area (Å²) in [6.45, 7) is 3.37. The lowest BCUT2D eigenvalue weighted by molar-refractivity contribution is -0.385. The Bertz CT molecular complexity index is 486. The fourth-order valence-electron chi connectivity index (χ4n) is 1.27. The van der Waals surface area contributed by atoms with Crippen molar-refractivity contribution in [2.45, 2.75) is 19.3 Å². The molecule has 0 spiro atoms. The number of hydrogen-bond acceptors (Lipinski definition) is 4. The Hall–Kier alpha value is -2.22. The van der Waals surface area contributed by atoms with Gasteiger partial charge in [-0.1, -0.05) is 6.07 Å². The number of nitro benzene ring substituents is 1. The largest absolute Gasteiger partial charge is 0.298 e. The Balaban J connectivity index is 3.36. The van der Waals surface area contributed by atoms with Crippen LogP contribution in [0.25, 0.3) is 0 Å². The smallest absolute Gasteiger partial charge is 0.279 e. The van der Waals surface area contributed by atoms with Gasteiger partial charge in [-0.05, 0) is 25.5 Å². The molecule has 0 saturated heterocycles. The number of carbonyl (C=O) groups is 1. The molecule has 0 N–H and O–H groups in total. The van der Waals surface area contributed by atoms with Crippen LogP contribution in [0.1, 0.15) is 29.8 Å². The Morgan fingerprint density at radius 2 is 2.12 bits per heavy atom. The van der Waals surface area contributed by atoms with Gasteiger partial charge in [0.15, 0.2) is 6.29 Å². The molecular weight excluding hydrogens is 208 g/mol. The minimum absolute atomic E-state index is 0.00850. The van der Waals surface area contributed by atoms with Gasteiger partial charge in [0, 0.05) is 6.07 Å². The van der Waals surface area contributed by atoms with Crippen molar-refractivity contribution in [1.82, 2.24) is 0 Å².